The van der Waals surface area contributed by atoms with Crippen molar-refractivity contribution in [2.24, 2.45) is 17.8 Å². The number of hydrogen-bond acceptors (Lipinski definition) is 13. The number of fused-ring (bicyclic) bond motifs is 1. The third kappa shape index (κ3) is 9.20. The van der Waals surface area contributed by atoms with Gasteiger partial charge >= 0.3 is 5.97 Å². The predicted octanol–water partition coefficient (Wildman–Crippen LogP) is 3.73. The van der Waals surface area contributed by atoms with E-state index in [2.05, 4.69) is 41.4 Å². The Morgan fingerprint density at radius 3 is 2.62 bits per heavy atom. The highest BCUT2D eigenvalue weighted by molar-refractivity contribution is 7.09. The van der Waals surface area contributed by atoms with Crippen molar-refractivity contribution in [3.63, 3.8) is 0 Å². The number of nitrogens with zero attached hydrogens (tertiary/aromatic N) is 5. The zero-order valence-electron chi connectivity index (χ0n) is 32.5. The summed E-state index contributed by atoms with van der Waals surface area (Å²) in [6, 6.07) is 7.04. The number of unbranched alkanes of at least 4 members (excludes halogenated alkanes) is 1. The molecule has 0 amide bonds. The third-order valence-electron chi connectivity index (χ3n) is 11.8. The molecular formula is C38H58BN7O6S. The molecule has 15 heteroatoms. The summed E-state index contributed by atoms with van der Waals surface area (Å²) < 4.78 is 20.8. The average molecular weight is 752 g/mol. The number of methoxy groups -OCH3 is 1. The summed E-state index contributed by atoms with van der Waals surface area (Å²) in [6.45, 7) is 13.9. The molecule has 0 aliphatic carbocycles. The van der Waals surface area contributed by atoms with Crippen LogP contribution in [-0.2, 0) is 36.8 Å². The number of aromatic nitrogens is 4. The van der Waals surface area contributed by atoms with Gasteiger partial charge in [-0.1, -0.05) is 38.1 Å². The summed E-state index contributed by atoms with van der Waals surface area (Å²) in [5, 5.41) is 23.9. The van der Waals surface area contributed by atoms with Crippen molar-refractivity contribution in [3.8, 4) is 11.3 Å². The molecule has 53 heavy (non-hydrogen) atoms. The van der Waals surface area contributed by atoms with Gasteiger partial charge in [-0.2, -0.15) is 0 Å². The number of aliphatic hydroxyl groups is 1. The SMILES string of the molecule is B[C@@H]1[C@@H](C)C(=O)[C@@H](Cc2cncs2)C(=O)O[C@H](CC)[C@@]2(C)OC(O)N(CCCCn3cc(-c4cccc(N)c4)nn3)[C@@H]2[C@@H](C)NC[C@H](C)C[C@@]1(C)OC. The fraction of sp³-hybridized carbons (Fsp3) is 0.658. The normalized spacial score (nSPS) is 33.6. The molecule has 290 valence electrons. The maximum Gasteiger partial charge on any atom is 0.317 e. The summed E-state index contributed by atoms with van der Waals surface area (Å²) in [5.41, 5.74) is 8.30. The van der Waals surface area contributed by atoms with E-state index >= 15 is 0 Å². The Bertz CT molecular complexity index is 1660. The maximum atomic E-state index is 14.3. The van der Waals surface area contributed by atoms with Gasteiger partial charge in [0.15, 0.2) is 0 Å². The van der Waals surface area contributed by atoms with E-state index in [0.717, 1.165) is 29.0 Å². The van der Waals surface area contributed by atoms with Gasteiger partial charge in [-0.15, -0.1) is 16.4 Å². The number of benzene rings is 1. The first kappa shape index (κ1) is 41.0. The lowest BCUT2D eigenvalue weighted by molar-refractivity contribution is -0.207. The molecule has 2 saturated heterocycles. The van der Waals surface area contributed by atoms with Crippen LogP contribution < -0.4 is 11.1 Å². The van der Waals surface area contributed by atoms with Crippen LogP contribution in [0.25, 0.3) is 11.3 Å². The Labute approximate surface area is 318 Å². The van der Waals surface area contributed by atoms with Crippen LogP contribution in [0.4, 0.5) is 5.69 Å². The molecule has 2 aromatic heterocycles. The minimum atomic E-state index is -1.22. The highest BCUT2D eigenvalue weighted by Gasteiger charge is 2.57. The van der Waals surface area contributed by atoms with Gasteiger partial charge in [-0.3, -0.25) is 19.3 Å². The van der Waals surface area contributed by atoms with Crippen molar-refractivity contribution >= 4 is 36.6 Å². The Hall–Kier alpha value is -3.21. The largest absolute Gasteiger partial charge is 0.459 e. The number of thiazole rings is 1. The number of ether oxygens (including phenoxy) is 3. The molecular weight excluding hydrogens is 693 g/mol. The quantitative estimate of drug-likeness (QED) is 0.0905. The Balaban J connectivity index is 1.39. The number of carbonyl (C=O) groups excluding carboxylic acids is 2. The summed E-state index contributed by atoms with van der Waals surface area (Å²) in [7, 11) is 3.73. The second-order valence-electron chi connectivity index (χ2n) is 15.6. The molecule has 4 heterocycles. The smallest absolute Gasteiger partial charge is 0.317 e. The standard InChI is InChI=1S/C38H58BN7O6S/c1-8-31-38(6)34(46(36(49)52-38)15-10-9-14-45-21-30(43-44-45)26-12-11-13-27(40)16-26)25(4)42-19-23(2)18-37(5,50-7)33(39)24(3)32(47)29(35(48)51-31)17-28-20-41-22-53-28/h11-13,16,20-25,29,31,33-34,36,42,49H,8-10,14-15,17-19,39-40H2,1-7H3/t23-,24+,25-,29-,31-,33-,34-,36?,37-,38-/m1/s1. The number of nitrogens with one attached hydrogen (secondary N) is 1. The highest BCUT2D eigenvalue weighted by atomic mass is 32.1. The van der Waals surface area contributed by atoms with Crippen LogP contribution in [0.2, 0.25) is 5.82 Å². The van der Waals surface area contributed by atoms with Gasteiger partial charge in [-0.25, -0.2) is 4.90 Å². The monoisotopic (exact) mass is 751 g/mol. The number of nitrogen functional groups attached to an aromatic ring is 1. The average Bonchev–Trinajstić information content (AvgIpc) is 3.89. The third-order valence-corrected chi connectivity index (χ3v) is 12.6. The topological polar surface area (TPSA) is 167 Å². The van der Waals surface area contributed by atoms with Crippen LogP contribution in [-0.4, -0.2) is 106 Å². The van der Waals surface area contributed by atoms with E-state index in [1.165, 1.54) is 11.3 Å². The van der Waals surface area contributed by atoms with Gasteiger partial charge in [0, 0.05) is 60.9 Å². The molecule has 0 saturated carbocycles. The number of hydrogen-bond donors (Lipinski definition) is 3. The second kappa shape index (κ2) is 17.5. The van der Waals surface area contributed by atoms with E-state index in [0.29, 0.717) is 38.2 Å². The van der Waals surface area contributed by atoms with Crippen molar-refractivity contribution < 1.29 is 28.9 Å². The number of rotatable bonds is 10. The van der Waals surface area contributed by atoms with E-state index < -0.39 is 41.5 Å². The van der Waals surface area contributed by atoms with E-state index in [-0.39, 0.29) is 36.0 Å². The summed E-state index contributed by atoms with van der Waals surface area (Å²) in [4.78, 5) is 35.6. The van der Waals surface area contributed by atoms with Crippen molar-refractivity contribution in [2.45, 2.75) is 122 Å². The van der Waals surface area contributed by atoms with Crippen molar-refractivity contribution in [2.75, 3.05) is 25.9 Å². The van der Waals surface area contributed by atoms with Crippen LogP contribution in [0.15, 0.2) is 42.2 Å². The summed E-state index contributed by atoms with van der Waals surface area (Å²) >= 11 is 1.41. The number of aliphatic hydroxyl groups excluding tert-OH is 1. The minimum Gasteiger partial charge on any atom is -0.459 e. The van der Waals surface area contributed by atoms with E-state index in [1.54, 1.807) is 18.8 Å². The van der Waals surface area contributed by atoms with Crippen molar-refractivity contribution in [1.29, 1.82) is 0 Å². The zero-order valence-corrected chi connectivity index (χ0v) is 33.3. The lowest BCUT2D eigenvalue weighted by Crippen LogP contribution is -2.61. The number of carbonyl (C=O) groups is 2. The summed E-state index contributed by atoms with van der Waals surface area (Å²) in [6.07, 6.45) is 4.53. The molecule has 5 rings (SSSR count). The van der Waals surface area contributed by atoms with Gasteiger partial charge in [0.25, 0.3) is 0 Å². The lowest BCUT2D eigenvalue weighted by Gasteiger charge is -2.42. The van der Waals surface area contributed by atoms with Gasteiger partial charge in [0.05, 0.1) is 23.4 Å². The molecule has 2 aliphatic heterocycles. The molecule has 13 nitrogen and oxygen atoms in total. The number of ketones is 1. The molecule has 3 aromatic rings. The number of esters is 1. The Kier molecular flexibility index (Phi) is 13.5. The molecule has 2 fully saturated rings. The van der Waals surface area contributed by atoms with Gasteiger partial charge < -0.3 is 30.4 Å². The van der Waals surface area contributed by atoms with E-state index in [9.17, 15) is 14.7 Å². The van der Waals surface area contributed by atoms with Gasteiger partial charge in [0.2, 0.25) is 6.41 Å². The lowest BCUT2D eigenvalue weighted by atomic mass is 9.62. The number of cyclic esters (lactones) is 1. The number of aryl methyl sites for hydroxylation is 1. The van der Waals surface area contributed by atoms with E-state index in [4.69, 9.17) is 19.9 Å². The van der Waals surface area contributed by atoms with Crippen LogP contribution in [0, 0.1) is 17.8 Å². The minimum absolute atomic E-state index is 0.159. The molecule has 0 radical (unpaired) electrons. The fourth-order valence-corrected chi connectivity index (χ4v) is 9.06. The maximum absolute atomic E-state index is 14.3. The molecule has 1 unspecified atom stereocenters. The van der Waals surface area contributed by atoms with Crippen molar-refractivity contribution in [3.05, 3.63) is 47.0 Å². The first-order valence-electron chi connectivity index (χ1n) is 19.0. The molecule has 0 spiro atoms. The Morgan fingerprint density at radius 1 is 1.19 bits per heavy atom. The molecule has 2 aliphatic rings. The molecule has 10 atom stereocenters. The highest BCUT2D eigenvalue weighted by Crippen LogP contribution is 2.42. The zero-order chi connectivity index (χ0) is 38.5. The number of Topliss-reactive ketones (excluding diaryl/α,β-unsaturated/α-hetero) is 1. The second-order valence-corrected chi connectivity index (χ2v) is 16.5. The number of anilines is 1. The molecule has 1 aromatic carbocycles. The predicted molar refractivity (Wildman–Crippen MR) is 208 cm³/mol. The summed E-state index contributed by atoms with van der Waals surface area (Å²) in [5.74, 6) is -2.24. The van der Waals surface area contributed by atoms with Crippen LogP contribution in [0.3, 0.4) is 0 Å². The van der Waals surface area contributed by atoms with Gasteiger partial charge in [-0.05, 0) is 76.9 Å². The number of nitrogens with two attached hydrogens (primary N) is 1. The molecule has 0 bridgehead atoms. The van der Waals surface area contributed by atoms with Crippen molar-refractivity contribution in [1.82, 2.24) is 30.2 Å². The van der Waals surface area contributed by atoms with Crippen LogP contribution >= 0.6 is 11.3 Å². The van der Waals surface area contributed by atoms with Crippen LogP contribution in [0.5, 0.6) is 0 Å². The molecule has 4 N–H and O–H groups in total. The first-order valence-corrected chi connectivity index (χ1v) is 19.9. The fourth-order valence-electron chi connectivity index (χ4n) is 8.42. The van der Waals surface area contributed by atoms with Crippen LogP contribution in [0.1, 0.15) is 72.1 Å². The first-order chi connectivity index (χ1) is 25.2. The Morgan fingerprint density at radius 2 is 1.94 bits per heavy atom. The van der Waals surface area contributed by atoms with Gasteiger partial charge in [0.1, 0.15) is 36.9 Å². The van der Waals surface area contributed by atoms with E-state index in [1.807, 2.05) is 68.7 Å².